The van der Waals surface area contributed by atoms with Crippen LogP contribution >= 0.6 is 0 Å². The smallest absolute Gasteiger partial charge is 0.245 e. The molecule has 0 saturated carbocycles. The third-order valence-electron chi connectivity index (χ3n) is 1.93. The first-order valence-corrected chi connectivity index (χ1v) is 4.92. The molecule has 1 aliphatic rings. The predicted octanol–water partition coefficient (Wildman–Crippen LogP) is 0.830. The Morgan fingerprint density at radius 1 is 1.86 bits per heavy atom. The highest BCUT2D eigenvalue weighted by molar-refractivity contribution is 5.86. The fourth-order valence-corrected chi connectivity index (χ4v) is 1.06. The minimum Gasteiger partial charge on any atom is -0.371 e. The Hall–Kier alpha value is -0.870. The topological polar surface area (TPSA) is 50.9 Å². The zero-order valence-electron chi connectivity index (χ0n) is 8.49. The average molecular weight is 199 g/mol. The molecule has 1 saturated heterocycles. The average Bonchev–Trinajstić information content (AvgIpc) is 2.98. The molecular weight excluding hydrogens is 182 g/mol. The Morgan fingerprint density at radius 2 is 2.57 bits per heavy atom. The fourth-order valence-electron chi connectivity index (χ4n) is 1.06. The van der Waals surface area contributed by atoms with Gasteiger partial charge >= 0.3 is 0 Å². The normalized spacial score (nSPS) is 21.4. The van der Waals surface area contributed by atoms with Crippen molar-refractivity contribution in [2.45, 2.75) is 32.1 Å². The summed E-state index contributed by atoms with van der Waals surface area (Å²) in [7, 11) is 0. The zero-order valence-corrected chi connectivity index (χ0v) is 8.49. The van der Waals surface area contributed by atoms with Crippen molar-refractivity contribution >= 4 is 5.91 Å². The molecule has 0 spiro atoms. The van der Waals surface area contributed by atoms with Crippen LogP contribution in [-0.4, -0.2) is 31.5 Å². The summed E-state index contributed by atoms with van der Waals surface area (Å²) >= 11 is 0. The summed E-state index contributed by atoms with van der Waals surface area (Å²) < 4.78 is 10.5. The highest BCUT2D eigenvalue weighted by Crippen LogP contribution is 2.10. The first-order chi connectivity index (χ1) is 6.76. The number of epoxide rings is 1. The lowest BCUT2D eigenvalue weighted by molar-refractivity contribution is -0.121. The summed E-state index contributed by atoms with van der Waals surface area (Å²) in [6.45, 7) is 6.76. The Kier molecular flexibility index (Phi) is 4.62. The summed E-state index contributed by atoms with van der Waals surface area (Å²) in [6, 6.07) is 0. The SMILES string of the molecule is C=CC(=O)NC(CCC)OCC1CO1. The van der Waals surface area contributed by atoms with Crippen molar-refractivity contribution in [1.82, 2.24) is 5.32 Å². The van der Waals surface area contributed by atoms with Crippen molar-refractivity contribution in [3.8, 4) is 0 Å². The van der Waals surface area contributed by atoms with Crippen molar-refractivity contribution in [3.63, 3.8) is 0 Å². The third kappa shape index (κ3) is 4.39. The molecule has 1 rings (SSSR count). The van der Waals surface area contributed by atoms with Crippen molar-refractivity contribution in [2.75, 3.05) is 13.2 Å². The van der Waals surface area contributed by atoms with Crippen LogP contribution in [0.1, 0.15) is 19.8 Å². The molecule has 1 amide bonds. The summed E-state index contributed by atoms with van der Waals surface area (Å²) in [5, 5.41) is 2.72. The Morgan fingerprint density at radius 3 is 3.07 bits per heavy atom. The monoisotopic (exact) mass is 199 g/mol. The van der Waals surface area contributed by atoms with Crippen LogP contribution in [0.25, 0.3) is 0 Å². The van der Waals surface area contributed by atoms with Gasteiger partial charge in [0.1, 0.15) is 12.3 Å². The maximum absolute atomic E-state index is 11.0. The van der Waals surface area contributed by atoms with Gasteiger partial charge in [-0.25, -0.2) is 0 Å². The Bertz CT molecular complexity index is 202. The number of rotatable bonds is 7. The van der Waals surface area contributed by atoms with Gasteiger partial charge in [-0.2, -0.15) is 0 Å². The molecule has 0 aromatic rings. The number of hydrogen-bond acceptors (Lipinski definition) is 3. The molecule has 1 aliphatic heterocycles. The lowest BCUT2D eigenvalue weighted by Gasteiger charge is -2.17. The van der Waals surface area contributed by atoms with E-state index >= 15 is 0 Å². The molecule has 1 fully saturated rings. The Labute approximate surface area is 84.3 Å². The number of amides is 1. The van der Waals surface area contributed by atoms with E-state index in [1.807, 2.05) is 6.92 Å². The molecule has 80 valence electrons. The molecule has 1 heterocycles. The van der Waals surface area contributed by atoms with Crippen LogP contribution in [-0.2, 0) is 14.3 Å². The number of carbonyl (C=O) groups excluding carboxylic acids is 1. The van der Waals surface area contributed by atoms with Crippen LogP contribution in [0, 0.1) is 0 Å². The molecule has 2 atom stereocenters. The van der Waals surface area contributed by atoms with Crippen molar-refractivity contribution in [1.29, 1.82) is 0 Å². The van der Waals surface area contributed by atoms with E-state index in [4.69, 9.17) is 9.47 Å². The number of hydrogen-bond donors (Lipinski definition) is 1. The van der Waals surface area contributed by atoms with Gasteiger partial charge in [-0.1, -0.05) is 19.9 Å². The molecule has 4 heteroatoms. The molecular formula is C10H17NO3. The van der Waals surface area contributed by atoms with E-state index in [0.29, 0.717) is 6.61 Å². The summed E-state index contributed by atoms with van der Waals surface area (Å²) in [5.41, 5.74) is 0. The molecule has 0 bridgehead atoms. The first kappa shape index (κ1) is 11.2. The van der Waals surface area contributed by atoms with Crippen molar-refractivity contribution in [3.05, 3.63) is 12.7 Å². The predicted molar refractivity (Wildman–Crippen MR) is 52.7 cm³/mol. The molecule has 2 unspecified atom stereocenters. The summed E-state index contributed by atoms with van der Waals surface area (Å²) in [4.78, 5) is 11.0. The van der Waals surface area contributed by atoms with Gasteiger partial charge in [0.15, 0.2) is 0 Å². The number of carbonyl (C=O) groups is 1. The van der Waals surface area contributed by atoms with Gasteiger partial charge in [-0.15, -0.1) is 0 Å². The van der Waals surface area contributed by atoms with E-state index in [9.17, 15) is 4.79 Å². The van der Waals surface area contributed by atoms with Crippen molar-refractivity contribution in [2.24, 2.45) is 0 Å². The summed E-state index contributed by atoms with van der Waals surface area (Å²) in [6.07, 6.45) is 3.05. The standard InChI is InChI=1S/C10H17NO3/c1-3-5-10(11-9(12)4-2)14-7-8-6-13-8/h4,8,10H,2-3,5-7H2,1H3,(H,11,12). The Balaban J connectivity index is 2.20. The van der Waals surface area contributed by atoms with E-state index in [2.05, 4.69) is 11.9 Å². The summed E-state index contributed by atoms with van der Waals surface area (Å²) in [5.74, 6) is -0.194. The molecule has 0 aliphatic carbocycles. The molecule has 0 aromatic carbocycles. The molecule has 1 N–H and O–H groups in total. The van der Waals surface area contributed by atoms with Crippen molar-refractivity contribution < 1.29 is 14.3 Å². The van der Waals surface area contributed by atoms with Gasteiger partial charge in [-0.05, 0) is 12.5 Å². The van der Waals surface area contributed by atoms with Gasteiger partial charge in [0.2, 0.25) is 5.91 Å². The van der Waals surface area contributed by atoms with Crippen LogP contribution in [0.3, 0.4) is 0 Å². The molecule has 0 aromatic heterocycles. The van der Waals surface area contributed by atoms with E-state index < -0.39 is 0 Å². The van der Waals surface area contributed by atoms with Crippen LogP contribution in [0.15, 0.2) is 12.7 Å². The second-order valence-corrected chi connectivity index (χ2v) is 3.28. The minimum absolute atomic E-state index is 0.194. The highest BCUT2D eigenvalue weighted by Gasteiger charge is 2.24. The largest absolute Gasteiger partial charge is 0.371 e. The van der Waals surface area contributed by atoms with Gasteiger partial charge in [0.25, 0.3) is 0 Å². The lowest BCUT2D eigenvalue weighted by atomic mass is 10.3. The number of ether oxygens (including phenoxy) is 2. The lowest BCUT2D eigenvalue weighted by Crippen LogP contribution is -2.36. The van der Waals surface area contributed by atoms with Gasteiger partial charge in [-0.3, -0.25) is 4.79 Å². The second kappa shape index (κ2) is 5.78. The minimum atomic E-state index is -0.213. The maximum atomic E-state index is 11.0. The number of nitrogens with one attached hydrogen (secondary N) is 1. The highest BCUT2D eigenvalue weighted by atomic mass is 16.6. The van der Waals surface area contributed by atoms with Gasteiger partial charge in [0.05, 0.1) is 13.2 Å². The van der Waals surface area contributed by atoms with Gasteiger partial charge < -0.3 is 14.8 Å². The first-order valence-electron chi connectivity index (χ1n) is 4.92. The zero-order chi connectivity index (χ0) is 10.4. The third-order valence-corrected chi connectivity index (χ3v) is 1.93. The molecule has 0 radical (unpaired) electrons. The van der Waals surface area contributed by atoms with E-state index in [0.717, 1.165) is 19.4 Å². The van der Waals surface area contributed by atoms with E-state index in [1.165, 1.54) is 6.08 Å². The van der Waals surface area contributed by atoms with Crippen LogP contribution < -0.4 is 5.32 Å². The van der Waals surface area contributed by atoms with Gasteiger partial charge in [0, 0.05) is 0 Å². The molecule has 14 heavy (non-hydrogen) atoms. The van der Waals surface area contributed by atoms with Crippen LogP contribution in [0.4, 0.5) is 0 Å². The van der Waals surface area contributed by atoms with E-state index in [-0.39, 0.29) is 18.2 Å². The molecule has 4 nitrogen and oxygen atoms in total. The van der Waals surface area contributed by atoms with E-state index in [1.54, 1.807) is 0 Å². The van der Waals surface area contributed by atoms with Crippen LogP contribution in [0.5, 0.6) is 0 Å². The maximum Gasteiger partial charge on any atom is 0.245 e. The second-order valence-electron chi connectivity index (χ2n) is 3.28. The fraction of sp³-hybridized carbons (Fsp3) is 0.700. The van der Waals surface area contributed by atoms with Crippen LogP contribution in [0.2, 0.25) is 0 Å². The quantitative estimate of drug-likeness (QED) is 0.375.